The van der Waals surface area contributed by atoms with Crippen molar-refractivity contribution in [2.45, 2.75) is 38.0 Å². The van der Waals surface area contributed by atoms with Gasteiger partial charge in [-0.15, -0.1) is 0 Å². The normalized spacial score (nSPS) is 46.8. The molecule has 4 heteroatoms. The summed E-state index contributed by atoms with van der Waals surface area (Å²) in [5.41, 5.74) is 0. The first kappa shape index (κ1) is 11.3. The third kappa shape index (κ3) is 1.80. The quantitative estimate of drug-likeness (QED) is 0.577. The summed E-state index contributed by atoms with van der Waals surface area (Å²) >= 11 is 0. The maximum absolute atomic E-state index is 9.90. The van der Waals surface area contributed by atoms with Gasteiger partial charge in [0, 0.05) is 25.1 Å². The Balaban J connectivity index is 2.15. The zero-order valence-corrected chi connectivity index (χ0v) is 9.21. The first-order valence-corrected chi connectivity index (χ1v) is 5.90. The summed E-state index contributed by atoms with van der Waals surface area (Å²) in [7, 11) is 0. The highest BCUT2D eigenvalue weighted by Crippen LogP contribution is 2.36. The Morgan fingerprint density at radius 3 is 2.67 bits per heavy atom. The fraction of sp³-hybridized carbons (Fsp3) is 1.00. The largest absolute Gasteiger partial charge is 0.396 e. The molecular formula is C11H21NO3. The smallest absolute Gasteiger partial charge is 0.0970 e. The summed E-state index contributed by atoms with van der Waals surface area (Å²) in [4.78, 5) is 2.13. The number of hydrogen-bond donors (Lipinski definition) is 3. The first-order valence-electron chi connectivity index (χ1n) is 5.90. The fourth-order valence-corrected chi connectivity index (χ4v) is 3.27. The molecule has 3 N–H and O–H groups in total. The van der Waals surface area contributed by atoms with Gasteiger partial charge in [0.05, 0.1) is 12.2 Å². The van der Waals surface area contributed by atoms with Crippen LogP contribution < -0.4 is 0 Å². The minimum Gasteiger partial charge on any atom is -0.396 e. The molecule has 0 radical (unpaired) electrons. The van der Waals surface area contributed by atoms with Gasteiger partial charge >= 0.3 is 0 Å². The van der Waals surface area contributed by atoms with Gasteiger partial charge in [0.25, 0.3) is 0 Å². The molecule has 4 nitrogen and oxygen atoms in total. The van der Waals surface area contributed by atoms with E-state index in [1.165, 1.54) is 0 Å². The molecule has 2 saturated heterocycles. The predicted molar refractivity (Wildman–Crippen MR) is 56.3 cm³/mol. The van der Waals surface area contributed by atoms with Crippen LogP contribution >= 0.6 is 0 Å². The molecule has 0 aromatic carbocycles. The van der Waals surface area contributed by atoms with E-state index < -0.39 is 12.2 Å². The summed E-state index contributed by atoms with van der Waals surface area (Å²) in [6, 6.07) is -0.0382. The number of fused-ring (bicyclic) bond motifs is 1. The van der Waals surface area contributed by atoms with E-state index in [9.17, 15) is 15.3 Å². The highest BCUT2D eigenvalue weighted by Gasteiger charge is 2.48. The van der Waals surface area contributed by atoms with Crippen LogP contribution in [0.1, 0.15) is 19.8 Å². The van der Waals surface area contributed by atoms with Gasteiger partial charge in [0.1, 0.15) is 0 Å². The van der Waals surface area contributed by atoms with Crippen LogP contribution in [0.2, 0.25) is 0 Å². The molecule has 0 aliphatic carbocycles. The summed E-state index contributed by atoms with van der Waals surface area (Å²) in [6.07, 6.45) is 0.784. The van der Waals surface area contributed by atoms with Crippen LogP contribution in [-0.2, 0) is 0 Å². The van der Waals surface area contributed by atoms with Crippen LogP contribution in [0.15, 0.2) is 0 Å². The van der Waals surface area contributed by atoms with E-state index in [0.29, 0.717) is 12.5 Å². The zero-order chi connectivity index (χ0) is 11.0. The Morgan fingerprint density at radius 1 is 1.33 bits per heavy atom. The van der Waals surface area contributed by atoms with E-state index >= 15 is 0 Å². The van der Waals surface area contributed by atoms with Gasteiger partial charge in [-0.2, -0.15) is 0 Å². The van der Waals surface area contributed by atoms with Crippen LogP contribution in [0.3, 0.4) is 0 Å². The van der Waals surface area contributed by atoms with Crippen molar-refractivity contribution >= 4 is 0 Å². The standard InChI is InChI=1S/C11H21NO3/c1-2-7-3-4-12-5-9(14)11(15)10(12)8(7)6-13/h7-11,13-15H,2-6H2,1H3. The number of nitrogens with zero attached hydrogens (tertiary/aromatic N) is 1. The molecule has 2 rings (SSSR count). The molecule has 5 unspecified atom stereocenters. The summed E-state index contributed by atoms with van der Waals surface area (Å²) in [5, 5.41) is 29.0. The van der Waals surface area contributed by atoms with E-state index in [4.69, 9.17) is 0 Å². The topological polar surface area (TPSA) is 63.9 Å². The van der Waals surface area contributed by atoms with Crippen LogP contribution in [0, 0.1) is 11.8 Å². The molecule has 88 valence electrons. The SMILES string of the molecule is CCC1CCN2CC(O)C(O)C2C1CO. The second kappa shape index (κ2) is 4.37. The summed E-state index contributed by atoms with van der Waals surface area (Å²) in [6.45, 7) is 3.73. The Bertz CT molecular complexity index is 224. The predicted octanol–water partition coefficient (Wildman–Crippen LogP) is -0.569. The molecule has 0 saturated carbocycles. The summed E-state index contributed by atoms with van der Waals surface area (Å²) in [5.74, 6) is 0.604. The average molecular weight is 215 g/mol. The van der Waals surface area contributed by atoms with Crippen molar-refractivity contribution in [1.82, 2.24) is 4.90 Å². The molecule has 0 aromatic rings. The molecule has 5 atom stereocenters. The molecule has 2 fully saturated rings. The highest BCUT2D eigenvalue weighted by molar-refractivity contribution is 5.01. The van der Waals surface area contributed by atoms with Gasteiger partial charge in [0.15, 0.2) is 0 Å². The van der Waals surface area contributed by atoms with E-state index in [1.807, 2.05) is 0 Å². The number of piperidine rings is 1. The third-order valence-corrected chi connectivity index (χ3v) is 4.15. The average Bonchev–Trinajstić information content (AvgIpc) is 2.54. The third-order valence-electron chi connectivity index (χ3n) is 4.15. The molecule has 2 aliphatic heterocycles. The van der Waals surface area contributed by atoms with Gasteiger partial charge in [-0.25, -0.2) is 0 Å². The minimum atomic E-state index is -0.684. The molecule has 0 spiro atoms. The van der Waals surface area contributed by atoms with Crippen molar-refractivity contribution in [3.8, 4) is 0 Å². The lowest BCUT2D eigenvalue weighted by molar-refractivity contribution is -0.0245. The molecule has 0 amide bonds. The summed E-state index contributed by atoms with van der Waals surface area (Å²) < 4.78 is 0. The van der Waals surface area contributed by atoms with Crippen molar-refractivity contribution in [3.63, 3.8) is 0 Å². The van der Waals surface area contributed by atoms with Crippen molar-refractivity contribution in [3.05, 3.63) is 0 Å². The van der Waals surface area contributed by atoms with Crippen molar-refractivity contribution in [1.29, 1.82) is 0 Å². The second-order valence-corrected chi connectivity index (χ2v) is 4.85. The van der Waals surface area contributed by atoms with Crippen molar-refractivity contribution < 1.29 is 15.3 Å². The second-order valence-electron chi connectivity index (χ2n) is 4.85. The molecule has 0 aromatic heterocycles. The molecule has 2 heterocycles. The van der Waals surface area contributed by atoms with Gasteiger partial charge in [-0.3, -0.25) is 4.90 Å². The van der Waals surface area contributed by atoms with Gasteiger partial charge in [-0.1, -0.05) is 13.3 Å². The van der Waals surface area contributed by atoms with Crippen LogP contribution in [0.4, 0.5) is 0 Å². The molecule has 15 heavy (non-hydrogen) atoms. The lowest BCUT2D eigenvalue weighted by atomic mass is 9.78. The van der Waals surface area contributed by atoms with Crippen LogP contribution in [0.5, 0.6) is 0 Å². The van der Waals surface area contributed by atoms with Crippen LogP contribution in [-0.4, -0.2) is 58.2 Å². The molecular weight excluding hydrogens is 194 g/mol. The fourth-order valence-electron chi connectivity index (χ4n) is 3.27. The van der Waals surface area contributed by atoms with Crippen LogP contribution in [0.25, 0.3) is 0 Å². The van der Waals surface area contributed by atoms with Gasteiger partial charge in [-0.05, 0) is 18.9 Å². The Kier molecular flexibility index (Phi) is 3.30. The Morgan fingerprint density at radius 2 is 2.07 bits per heavy atom. The number of hydrogen-bond acceptors (Lipinski definition) is 4. The monoisotopic (exact) mass is 215 g/mol. The minimum absolute atomic E-state index is 0.0382. The van der Waals surface area contributed by atoms with E-state index in [-0.39, 0.29) is 18.6 Å². The van der Waals surface area contributed by atoms with E-state index in [2.05, 4.69) is 11.8 Å². The van der Waals surface area contributed by atoms with Gasteiger partial charge < -0.3 is 15.3 Å². The maximum atomic E-state index is 9.90. The molecule has 0 bridgehead atoms. The zero-order valence-electron chi connectivity index (χ0n) is 9.21. The number of aliphatic hydroxyl groups is 3. The van der Waals surface area contributed by atoms with E-state index in [0.717, 1.165) is 19.4 Å². The van der Waals surface area contributed by atoms with E-state index in [1.54, 1.807) is 0 Å². The Hall–Kier alpha value is -0.160. The van der Waals surface area contributed by atoms with Crippen molar-refractivity contribution in [2.24, 2.45) is 11.8 Å². The lowest BCUT2D eigenvalue weighted by Crippen LogP contribution is -2.51. The maximum Gasteiger partial charge on any atom is 0.0970 e. The lowest BCUT2D eigenvalue weighted by Gasteiger charge is -2.42. The highest BCUT2D eigenvalue weighted by atomic mass is 16.3. The van der Waals surface area contributed by atoms with Crippen molar-refractivity contribution in [2.75, 3.05) is 19.7 Å². The first-order chi connectivity index (χ1) is 7.19. The van der Waals surface area contributed by atoms with Gasteiger partial charge in [0.2, 0.25) is 0 Å². The number of rotatable bonds is 2. The Labute approximate surface area is 90.5 Å². The number of aliphatic hydroxyl groups excluding tert-OH is 3. The molecule has 2 aliphatic rings.